The zero-order valence-corrected chi connectivity index (χ0v) is 32.2. The van der Waals surface area contributed by atoms with Gasteiger partial charge in [0, 0.05) is 12.8 Å². The van der Waals surface area contributed by atoms with Crippen molar-refractivity contribution in [3.63, 3.8) is 0 Å². The Hall–Kier alpha value is -1.92. The predicted octanol–water partition coefficient (Wildman–Crippen LogP) is 11.7. The number of carbonyl (C=O) groups excluding carboxylic acids is 2. The van der Waals surface area contributed by atoms with Crippen LogP contribution in [0.15, 0.2) is 36.5 Å². The van der Waals surface area contributed by atoms with Gasteiger partial charge < -0.3 is 19.7 Å². The topological polar surface area (TPSA) is 93.1 Å². The summed E-state index contributed by atoms with van der Waals surface area (Å²) in [6, 6.07) is 0. The minimum atomic E-state index is -0.994. The van der Waals surface area contributed by atoms with Crippen molar-refractivity contribution in [3.05, 3.63) is 36.5 Å². The fraction of sp³-hybridized carbons (Fsp3) is 0.814. The molecule has 1 unspecified atom stereocenters. The molecule has 286 valence electrons. The molecule has 0 radical (unpaired) electrons. The summed E-state index contributed by atoms with van der Waals surface area (Å²) in [4.78, 5) is 24.0. The van der Waals surface area contributed by atoms with E-state index in [1.807, 2.05) is 18.2 Å². The third-order valence-corrected chi connectivity index (χ3v) is 8.92. The Balaban J connectivity index is 3.48. The van der Waals surface area contributed by atoms with Crippen LogP contribution in [0.2, 0.25) is 0 Å². The monoisotopic (exact) mass is 691 g/mol. The van der Waals surface area contributed by atoms with E-state index in [0.717, 1.165) is 76.5 Å². The number of unbranched alkanes of at least 4 members (excludes halogenated alkanes) is 19. The molecule has 0 rings (SSSR count). The highest BCUT2D eigenvalue weighted by molar-refractivity contribution is 5.69. The molecule has 6 nitrogen and oxygen atoms in total. The van der Waals surface area contributed by atoms with Gasteiger partial charge >= 0.3 is 11.9 Å². The first-order valence-electron chi connectivity index (χ1n) is 20.5. The summed E-state index contributed by atoms with van der Waals surface area (Å²) in [7, 11) is 0. The van der Waals surface area contributed by atoms with Crippen LogP contribution in [-0.4, -0.2) is 47.6 Å². The second-order valence-corrected chi connectivity index (χ2v) is 14.4. The summed E-state index contributed by atoms with van der Waals surface area (Å²) >= 11 is 0. The van der Waals surface area contributed by atoms with Gasteiger partial charge in [0.1, 0.15) is 19.3 Å². The van der Waals surface area contributed by atoms with E-state index in [1.54, 1.807) is 0 Å². The van der Waals surface area contributed by atoms with E-state index < -0.39 is 12.2 Å². The quantitative estimate of drug-likeness (QED) is 0.0294. The van der Waals surface area contributed by atoms with Gasteiger partial charge in [-0.25, -0.2) is 0 Å². The first-order chi connectivity index (χ1) is 23.8. The molecule has 0 fully saturated rings. The SMILES string of the molecule is CC/C=C/C/C=C/C=C/C(O)CCCCCCCC(=O)OC[C@H](O)COC(=O)CCCCCCCCCCCCCCCCCCC(C)C. The molecular formula is C43H78O6. The molecule has 0 aromatic rings. The van der Waals surface area contributed by atoms with Crippen molar-refractivity contribution in [2.45, 2.75) is 206 Å². The summed E-state index contributed by atoms with van der Waals surface area (Å²) in [5.41, 5.74) is 0. The number of esters is 2. The molecule has 0 bridgehead atoms. The van der Waals surface area contributed by atoms with Crippen molar-refractivity contribution in [2.75, 3.05) is 13.2 Å². The molecule has 0 heterocycles. The molecule has 0 amide bonds. The molecule has 6 heteroatoms. The van der Waals surface area contributed by atoms with Crippen molar-refractivity contribution < 1.29 is 29.3 Å². The van der Waals surface area contributed by atoms with Gasteiger partial charge in [-0.3, -0.25) is 9.59 Å². The van der Waals surface area contributed by atoms with Gasteiger partial charge in [-0.1, -0.05) is 186 Å². The Morgan fingerprint density at radius 2 is 0.939 bits per heavy atom. The van der Waals surface area contributed by atoms with Crippen LogP contribution in [0.25, 0.3) is 0 Å². The van der Waals surface area contributed by atoms with Gasteiger partial charge in [0.2, 0.25) is 0 Å². The number of rotatable bonds is 36. The van der Waals surface area contributed by atoms with Crippen LogP contribution in [0.1, 0.15) is 194 Å². The number of ether oxygens (including phenoxy) is 2. The average Bonchev–Trinajstić information content (AvgIpc) is 3.08. The molecule has 0 saturated heterocycles. The minimum Gasteiger partial charge on any atom is -0.463 e. The number of hydrogen-bond acceptors (Lipinski definition) is 6. The van der Waals surface area contributed by atoms with Crippen LogP contribution in [0.5, 0.6) is 0 Å². The summed E-state index contributed by atoms with van der Waals surface area (Å²) in [5, 5.41) is 20.1. The van der Waals surface area contributed by atoms with Crippen molar-refractivity contribution >= 4 is 11.9 Å². The summed E-state index contributed by atoms with van der Waals surface area (Å²) in [6.07, 6.45) is 40.8. The lowest BCUT2D eigenvalue weighted by Crippen LogP contribution is -2.25. The lowest BCUT2D eigenvalue weighted by molar-refractivity contribution is -0.152. The summed E-state index contributed by atoms with van der Waals surface area (Å²) in [6.45, 7) is 6.46. The van der Waals surface area contributed by atoms with Gasteiger partial charge in [0.15, 0.2) is 0 Å². The Kier molecular flexibility index (Phi) is 35.9. The van der Waals surface area contributed by atoms with Gasteiger partial charge in [0.25, 0.3) is 0 Å². The molecule has 2 N–H and O–H groups in total. The van der Waals surface area contributed by atoms with Gasteiger partial charge in [-0.15, -0.1) is 0 Å². The maximum absolute atomic E-state index is 12.0. The second-order valence-electron chi connectivity index (χ2n) is 14.4. The molecule has 0 aliphatic heterocycles. The molecule has 0 spiro atoms. The predicted molar refractivity (Wildman–Crippen MR) is 207 cm³/mol. The van der Waals surface area contributed by atoms with E-state index in [4.69, 9.17) is 9.47 Å². The average molecular weight is 691 g/mol. The van der Waals surface area contributed by atoms with Crippen LogP contribution >= 0.6 is 0 Å². The zero-order chi connectivity index (χ0) is 36.0. The third-order valence-electron chi connectivity index (χ3n) is 8.92. The largest absolute Gasteiger partial charge is 0.463 e. The van der Waals surface area contributed by atoms with Crippen LogP contribution in [0.3, 0.4) is 0 Å². The Morgan fingerprint density at radius 1 is 0.531 bits per heavy atom. The number of allylic oxidation sites excluding steroid dienone is 5. The molecule has 0 aliphatic rings. The number of carbonyl (C=O) groups is 2. The van der Waals surface area contributed by atoms with E-state index in [-0.39, 0.29) is 25.2 Å². The zero-order valence-electron chi connectivity index (χ0n) is 32.2. The van der Waals surface area contributed by atoms with Crippen molar-refractivity contribution in [2.24, 2.45) is 5.92 Å². The highest BCUT2D eigenvalue weighted by Crippen LogP contribution is 2.16. The van der Waals surface area contributed by atoms with Gasteiger partial charge in [-0.2, -0.15) is 0 Å². The smallest absolute Gasteiger partial charge is 0.305 e. The number of hydrogen-bond donors (Lipinski definition) is 2. The highest BCUT2D eigenvalue weighted by Gasteiger charge is 2.12. The standard InChI is InChI=1S/C43H78O6/c1-4-5-6-7-18-23-28-33-40(44)34-29-24-21-26-31-36-43(47)49-38-41(45)37-48-42(46)35-30-25-20-17-15-13-11-9-8-10-12-14-16-19-22-27-32-39(2)3/h5-6,18,23,28,33,39-41,44-45H,4,7-17,19-22,24-27,29-32,34-38H2,1-3H3/b6-5+,23-18+,33-28+/t40?,41-/m1/s1. The summed E-state index contributed by atoms with van der Waals surface area (Å²) in [5.74, 6) is 0.219. The van der Waals surface area contributed by atoms with Crippen molar-refractivity contribution in [1.82, 2.24) is 0 Å². The normalized spacial score (nSPS) is 13.3. The maximum atomic E-state index is 12.0. The van der Waals surface area contributed by atoms with Crippen LogP contribution in [0.4, 0.5) is 0 Å². The summed E-state index contributed by atoms with van der Waals surface area (Å²) < 4.78 is 10.3. The lowest BCUT2D eigenvalue weighted by atomic mass is 10.0. The Bertz CT molecular complexity index is 817. The minimum absolute atomic E-state index is 0.141. The fourth-order valence-electron chi connectivity index (χ4n) is 5.81. The molecule has 2 atom stereocenters. The van der Waals surface area contributed by atoms with Crippen LogP contribution in [0, 0.1) is 5.92 Å². The lowest BCUT2D eigenvalue weighted by Gasteiger charge is -2.12. The van der Waals surface area contributed by atoms with Crippen LogP contribution < -0.4 is 0 Å². The maximum Gasteiger partial charge on any atom is 0.305 e. The second kappa shape index (κ2) is 37.3. The highest BCUT2D eigenvalue weighted by atomic mass is 16.6. The van der Waals surface area contributed by atoms with Crippen LogP contribution in [-0.2, 0) is 19.1 Å². The molecule has 0 saturated carbocycles. The molecule has 0 aromatic carbocycles. The Labute approximate surface area is 302 Å². The van der Waals surface area contributed by atoms with Gasteiger partial charge in [0.05, 0.1) is 6.10 Å². The third kappa shape index (κ3) is 38.7. The fourth-order valence-corrected chi connectivity index (χ4v) is 5.81. The van der Waals surface area contributed by atoms with E-state index in [0.29, 0.717) is 12.8 Å². The van der Waals surface area contributed by atoms with E-state index >= 15 is 0 Å². The Morgan fingerprint density at radius 3 is 1.37 bits per heavy atom. The van der Waals surface area contributed by atoms with Gasteiger partial charge in [-0.05, 0) is 38.0 Å². The molecule has 0 aliphatic carbocycles. The number of aliphatic hydroxyl groups excluding tert-OH is 2. The number of aliphatic hydroxyl groups is 2. The first-order valence-corrected chi connectivity index (χ1v) is 20.5. The molecular weight excluding hydrogens is 612 g/mol. The van der Waals surface area contributed by atoms with E-state index in [9.17, 15) is 19.8 Å². The molecule has 0 aromatic heterocycles. The van der Waals surface area contributed by atoms with E-state index in [1.165, 1.54) is 89.9 Å². The van der Waals surface area contributed by atoms with E-state index in [2.05, 4.69) is 39.0 Å². The van der Waals surface area contributed by atoms with Crippen molar-refractivity contribution in [3.8, 4) is 0 Å². The first kappa shape index (κ1) is 47.1. The van der Waals surface area contributed by atoms with Crippen molar-refractivity contribution in [1.29, 1.82) is 0 Å². The molecule has 49 heavy (non-hydrogen) atoms.